The summed E-state index contributed by atoms with van der Waals surface area (Å²) in [6.07, 6.45) is 6.52. The van der Waals surface area contributed by atoms with Gasteiger partial charge in [-0.05, 0) is 76.3 Å². The number of rotatable bonds is 9. The van der Waals surface area contributed by atoms with Crippen LogP contribution in [0.3, 0.4) is 0 Å². The first-order valence-electron chi connectivity index (χ1n) is 13.8. The molecule has 0 aromatic carbocycles. The summed E-state index contributed by atoms with van der Waals surface area (Å²) in [5, 5.41) is 10.3. The maximum atomic E-state index is 12.5. The minimum Gasteiger partial charge on any atom is -0.492 e. The Kier molecular flexibility index (Phi) is 9.12. The third kappa shape index (κ3) is 8.16. The zero-order valence-electron chi connectivity index (χ0n) is 24.9. The van der Waals surface area contributed by atoms with Crippen molar-refractivity contribution in [3.8, 4) is 17.0 Å². The van der Waals surface area contributed by atoms with Crippen molar-refractivity contribution in [2.24, 2.45) is 10.8 Å². The molecular formula is C31H47N3O4. The number of nitrogens with zero attached hydrogens (tertiary/aromatic N) is 3. The van der Waals surface area contributed by atoms with Crippen molar-refractivity contribution in [2.75, 3.05) is 24.6 Å². The second-order valence-electron chi connectivity index (χ2n) is 13.5. The summed E-state index contributed by atoms with van der Waals surface area (Å²) in [5.74, 6) is -0.295. The lowest BCUT2D eigenvalue weighted by atomic mass is 9.82. The highest BCUT2D eigenvalue weighted by Crippen LogP contribution is 2.43. The van der Waals surface area contributed by atoms with Crippen molar-refractivity contribution in [3.05, 3.63) is 35.8 Å². The highest BCUT2D eigenvalue weighted by atomic mass is 16.5. The Hall–Kier alpha value is -2.67. The molecule has 3 rings (SSSR count). The fourth-order valence-electron chi connectivity index (χ4n) is 4.79. The molecule has 1 atom stereocenters. The van der Waals surface area contributed by atoms with Crippen LogP contribution in [0.2, 0.25) is 0 Å². The summed E-state index contributed by atoms with van der Waals surface area (Å²) in [4.78, 5) is 24.2. The van der Waals surface area contributed by atoms with Crippen molar-refractivity contribution in [3.63, 3.8) is 0 Å². The highest BCUT2D eigenvalue weighted by Gasteiger charge is 2.36. The van der Waals surface area contributed by atoms with Crippen molar-refractivity contribution in [2.45, 2.75) is 99.7 Å². The summed E-state index contributed by atoms with van der Waals surface area (Å²) in [7, 11) is 0. The van der Waals surface area contributed by atoms with E-state index >= 15 is 0 Å². The van der Waals surface area contributed by atoms with Gasteiger partial charge in [0.15, 0.2) is 6.10 Å². The lowest BCUT2D eigenvalue weighted by molar-refractivity contribution is -0.160. The number of carbonyl (C=O) groups is 1. The third-order valence-electron chi connectivity index (χ3n) is 7.03. The van der Waals surface area contributed by atoms with Crippen LogP contribution in [0, 0.1) is 17.8 Å². The zero-order chi connectivity index (χ0) is 28.3. The van der Waals surface area contributed by atoms with Gasteiger partial charge in [0, 0.05) is 36.1 Å². The van der Waals surface area contributed by atoms with E-state index in [9.17, 15) is 9.90 Å². The number of carboxylic acids is 1. The fraction of sp³-hybridized carbons (Fsp3) is 0.645. The quantitative estimate of drug-likeness (QED) is 0.346. The van der Waals surface area contributed by atoms with Gasteiger partial charge in [-0.1, -0.05) is 34.6 Å². The molecular weight excluding hydrogens is 478 g/mol. The first kappa shape index (κ1) is 29.9. The van der Waals surface area contributed by atoms with E-state index in [1.165, 1.54) is 0 Å². The molecule has 7 heteroatoms. The Morgan fingerprint density at radius 1 is 1.08 bits per heavy atom. The summed E-state index contributed by atoms with van der Waals surface area (Å²) in [6, 6.07) is 3.87. The Labute approximate surface area is 229 Å². The van der Waals surface area contributed by atoms with E-state index in [1.807, 2.05) is 46.0 Å². The fourth-order valence-corrected chi connectivity index (χ4v) is 4.79. The molecule has 2 aromatic rings. The smallest absolute Gasteiger partial charge is 0.337 e. The summed E-state index contributed by atoms with van der Waals surface area (Å²) in [5.41, 5.74) is 3.56. The van der Waals surface area contributed by atoms with Crippen molar-refractivity contribution in [1.29, 1.82) is 0 Å². The topological polar surface area (TPSA) is 84.8 Å². The van der Waals surface area contributed by atoms with Gasteiger partial charge < -0.3 is 19.5 Å². The first-order valence-corrected chi connectivity index (χ1v) is 13.8. The van der Waals surface area contributed by atoms with E-state index in [0.29, 0.717) is 17.9 Å². The minimum atomic E-state index is -1.14. The second-order valence-corrected chi connectivity index (χ2v) is 13.5. The number of ether oxygens (including phenoxy) is 2. The first-order chi connectivity index (χ1) is 17.6. The zero-order valence-corrected chi connectivity index (χ0v) is 24.9. The molecule has 210 valence electrons. The van der Waals surface area contributed by atoms with Crippen molar-refractivity contribution < 1.29 is 19.4 Å². The Bertz CT molecular complexity index is 1090. The standard InChI is InChI=1S/C31H47N3O4/c1-21-25(27(28(35)36)38-30(5,6)7)26(34-16-14-31(8,9)15-17-34)23(20-32-21)24-12-11-22(19-33-24)37-18-10-13-29(2,3)4/h11-12,19-20,27H,10,13-18H2,1-9H3,(H,35,36)/t27-/m0/s1. The number of aromatic nitrogens is 2. The third-order valence-corrected chi connectivity index (χ3v) is 7.03. The molecule has 7 nitrogen and oxygen atoms in total. The summed E-state index contributed by atoms with van der Waals surface area (Å²) in [6.45, 7) is 21.1. The molecule has 2 aromatic heterocycles. The maximum Gasteiger partial charge on any atom is 0.337 e. The van der Waals surface area contributed by atoms with Gasteiger partial charge in [-0.2, -0.15) is 0 Å². The number of anilines is 1. The average Bonchev–Trinajstić information content (AvgIpc) is 2.80. The molecule has 0 amide bonds. The van der Waals surface area contributed by atoms with Crippen molar-refractivity contribution in [1.82, 2.24) is 9.97 Å². The van der Waals surface area contributed by atoms with Crippen LogP contribution in [0.25, 0.3) is 11.3 Å². The van der Waals surface area contributed by atoms with E-state index in [0.717, 1.165) is 61.5 Å². The molecule has 3 heterocycles. The average molecular weight is 526 g/mol. The van der Waals surface area contributed by atoms with Crippen molar-refractivity contribution >= 4 is 11.7 Å². The summed E-state index contributed by atoms with van der Waals surface area (Å²) >= 11 is 0. The molecule has 38 heavy (non-hydrogen) atoms. The van der Waals surface area contributed by atoms with Crippen LogP contribution in [0.15, 0.2) is 24.5 Å². The number of carboxylic acid groups (broad SMARTS) is 1. The molecule has 1 N–H and O–H groups in total. The van der Waals surface area contributed by atoms with E-state index in [-0.39, 0.29) is 10.8 Å². The predicted octanol–water partition coefficient (Wildman–Crippen LogP) is 7.22. The van der Waals surface area contributed by atoms with Crippen LogP contribution in [-0.4, -0.2) is 46.3 Å². The van der Waals surface area contributed by atoms with Gasteiger partial charge in [-0.15, -0.1) is 0 Å². The van der Waals surface area contributed by atoms with Gasteiger partial charge in [-0.3, -0.25) is 9.97 Å². The number of aryl methyl sites for hydroxylation is 1. The lowest BCUT2D eigenvalue weighted by Gasteiger charge is -2.40. The number of hydrogen-bond acceptors (Lipinski definition) is 6. The van der Waals surface area contributed by atoms with Crippen LogP contribution in [-0.2, 0) is 9.53 Å². The predicted molar refractivity (Wildman–Crippen MR) is 153 cm³/mol. The van der Waals surface area contributed by atoms with Crippen LogP contribution < -0.4 is 9.64 Å². The molecule has 0 aliphatic carbocycles. The van der Waals surface area contributed by atoms with Crippen LogP contribution in [0.5, 0.6) is 5.75 Å². The lowest BCUT2D eigenvalue weighted by Crippen LogP contribution is -2.39. The Morgan fingerprint density at radius 3 is 2.26 bits per heavy atom. The van der Waals surface area contributed by atoms with Gasteiger partial charge >= 0.3 is 5.97 Å². The van der Waals surface area contributed by atoms with Crippen LogP contribution >= 0.6 is 0 Å². The Balaban J connectivity index is 2.01. The van der Waals surface area contributed by atoms with Gasteiger partial charge in [0.1, 0.15) is 5.75 Å². The molecule has 0 unspecified atom stereocenters. The SMILES string of the molecule is Cc1ncc(-c2ccc(OCCCC(C)(C)C)cn2)c(N2CCC(C)(C)CC2)c1[C@H](OC(C)(C)C)C(=O)O. The second kappa shape index (κ2) is 11.6. The van der Waals surface area contributed by atoms with Gasteiger partial charge in [0.2, 0.25) is 0 Å². The molecule has 0 spiro atoms. The highest BCUT2D eigenvalue weighted by molar-refractivity contribution is 5.85. The number of pyridine rings is 2. The van der Waals surface area contributed by atoms with E-state index < -0.39 is 17.7 Å². The van der Waals surface area contributed by atoms with Gasteiger partial charge in [0.05, 0.1) is 29.8 Å². The molecule has 0 saturated carbocycles. The molecule has 1 fully saturated rings. The van der Waals surface area contributed by atoms with Gasteiger partial charge in [0.25, 0.3) is 0 Å². The molecule has 1 aliphatic heterocycles. The maximum absolute atomic E-state index is 12.5. The van der Waals surface area contributed by atoms with E-state index in [2.05, 4.69) is 44.5 Å². The monoisotopic (exact) mass is 525 g/mol. The van der Waals surface area contributed by atoms with Gasteiger partial charge in [-0.25, -0.2) is 4.79 Å². The normalized spacial score (nSPS) is 16.8. The van der Waals surface area contributed by atoms with E-state index in [4.69, 9.17) is 14.5 Å². The molecule has 1 aliphatic rings. The summed E-state index contributed by atoms with van der Waals surface area (Å²) < 4.78 is 12.1. The van der Waals surface area contributed by atoms with Crippen LogP contribution in [0.1, 0.15) is 98.4 Å². The number of hydrogen-bond donors (Lipinski definition) is 1. The number of aliphatic carboxylic acids is 1. The minimum absolute atomic E-state index is 0.247. The largest absolute Gasteiger partial charge is 0.492 e. The Morgan fingerprint density at radius 2 is 1.74 bits per heavy atom. The molecule has 0 bridgehead atoms. The van der Waals surface area contributed by atoms with Crippen LogP contribution in [0.4, 0.5) is 5.69 Å². The van der Waals surface area contributed by atoms with E-state index in [1.54, 1.807) is 6.20 Å². The number of piperidine rings is 1. The molecule has 1 saturated heterocycles. The molecule has 0 radical (unpaired) electrons.